The molecule has 1 aromatic carbocycles. The number of benzene rings is 1. The van der Waals surface area contributed by atoms with Crippen molar-refractivity contribution in [2.75, 3.05) is 20.1 Å². The normalized spacial score (nSPS) is 18.9. The number of piperidine rings is 1. The van der Waals surface area contributed by atoms with E-state index in [0.29, 0.717) is 12.6 Å². The van der Waals surface area contributed by atoms with E-state index < -0.39 is 11.6 Å². The molecule has 1 N–H and O–H groups in total. The van der Waals surface area contributed by atoms with E-state index in [1.165, 1.54) is 18.6 Å². The minimum Gasteiger partial charge on any atom is -0.344 e. The molecule has 0 saturated carbocycles. The Bertz CT molecular complexity index is 473. The minimum absolute atomic E-state index is 0.104. The first-order chi connectivity index (χ1) is 9.58. The number of nitrogens with zero attached hydrogens (tertiary/aromatic N) is 1. The molecule has 1 amide bonds. The maximum absolute atomic E-state index is 13.5. The molecule has 5 heteroatoms. The minimum atomic E-state index is -0.926. The van der Waals surface area contributed by atoms with E-state index in [2.05, 4.69) is 5.32 Å². The van der Waals surface area contributed by atoms with Gasteiger partial charge in [0.05, 0.1) is 6.42 Å². The Hall–Kier alpha value is -1.49. The molecule has 0 spiro atoms. The van der Waals surface area contributed by atoms with Crippen LogP contribution in [0.3, 0.4) is 0 Å². The Morgan fingerprint density at radius 3 is 2.90 bits per heavy atom. The number of halogens is 2. The third kappa shape index (κ3) is 3.76. The lowest BCUT2D eigenvalue weighted by atomic mass is 10.0. The standard InChI is InChI=1S/C15H20F2N2O/c1-19(10-12-6-2-3-8-18-12)14(20)9-11-5-4-7-13(16)15(11)17/h4-5,7,12,18H,2-3,6,8-10H2,1H3. The van der Waals surface area contributed by atoms with Crippen molar-refractivity contribution in [2.45, 2.75) is 31.7 Å². The molecule has 1 aromatic rings. The van der Waals surface area contributed by atoms with Crippen LogP contribution in [0.25, 0.3) is 0 Å². The molecule has 0 aromatic heterocycles. The summed E-state index contributed by atoms with van der Waals surface area (Å²) in [6.07, 6.45) is 3.28. The Morgan fingerprint density at radius 1 is 1.40 bits per heavy atom. The molecule has 1 aliphatic rings. The average molecular weight is 282 g/mol. The van der Waals surface area contributed by atoms with Gasteiger partial charge < -0.3 is 10.2 Å². The van der Waals surface area contributed by atoms with Gasteiger partial charge in [0.1, 0.15) is 0 Å². The van der Waals surface area contributed by atoms with Crippen molar-refractivity contribution in [3.05, 3.63) is 35.4 Å². The molecular formula is C15H20F2N2O. The molecule has 0 radical (unpaired) electrons. The van der Waals surface area contributed by atoms with Crippen LogP contribution in [-0.2, 0) is 11.2 Å². The summed E-state index contributed by atoms with van der Waals surface area (Å²) >= 11 is 0. The third-order valence-electron chi connectivity index (χ3n) is 3.71. The van der Waals surface area contributed by atoms with Gasteiger partial charge in [0.25, 0.3) is 0 Å². The number of rotatable bonds is 4. The summed E-state index contributed by atoms with van der Waals surface area (Å²) in [5.74, 6) is -2.03. The number of hydrogen-bond acceptors (Lipinski definition) is 2. The second-order valence-electron chi connectivity index (χ2n) is 5.31. The molecule has 1 saturated heterocycles. The maximum atomic E-state index is 13.5. The molecule has 1 fully saturated rings. The van der Waals surface area contributed by atoms with Crippen LogP contribution in [0.5, 0.6) is 0 Å². The molecule has 1 heterocycles. The van der Waals surface area contributed by atoms with Crippen molar-refractivity contribution in [3.63, 3.8) is 0 Å². The zero-order valence-electron chi connectivity index (χ0n) is 11.7. The zero-order chi connectivity index (χ0) is 14.5. The van der Waals surface area contributed by atoms with Crippen LogP contribution < -0.4 is 5.32 Å². The lowest BCUT2D eigenvalue weighted by molar-refractivity contribution is -0.129. The van der Waals surface area contributed by atoms with Crippen LogP contribution in [-0.4, -0.2) is 37.0 Å². The molecule has 110 valence electrons. The number of amides is 1. The fourth-order valence-corrected chi connectivity index (χ4v) is 2.50. The van der Waals surface area contributed by atoms with Gasteiger partial charge in [-0.1, -0.05) is 18.6 Å². The van der Waals surface area contributed by atoms with Crippen molar-refractivity contribution in [1.82, 2.24) is 10.2 Å². The largest absolute Gasteiger partial charge is 0.344 e. The molecule has 3 nitrogen and oxygen atoms in total. The van der Waals surface area contributed by atoms with Gasteiger partial charge in [-0.2, -0.15) is 0 Å². The summed E-state index contributed by atoms with van der Waals surface area (Å²) in [6, 6.07) is 4.22. The highest BCUT2D eigenvalue weighted by Gasteiger charge is 2.19. The molecule has 1 atom stereocenters. The van der Waals surface area contributed by atoms with Gasteiger partial charge in [-0.05, 0) is 25.5 Å². The van der Waals surface area contributed by atoms with Gasteiger partial charge in [-0.25, -0.2) is 8.78 Å². The third-order valence-corrected chi connectivity index (χ3v) is 3.71. The zero-order valence-corrected chi connectivity index (χ0v) is 11.7. The van der Waals surface area contributed by atoms with Gasteiger partial charge in [-0.3, -0.25) is 4.79 Å². The second-order valence-corrected chi connectivity index (χ2v) is 5.31. The summed E-state index contributed by atoms with van der Waals surface area (Å²) in [5.41, 5.74) is 0.110. The Kier molecular flexibility index (Phi) is 5.06. The fourth-order valence-electron chi connectivity index (χ4n) is 2.50. The first kappa shape index (κ1) is 14.9. The van der Waals surface area contributed by atoms with Gasteiger partial charge in [-0.15, -0.1) is 0 Å². The fraction of sp³-hybridized carbons (Fsp3) is 0.533. The quantitative estimate of drug-likeness (QED) is 0.917. The number of carbonyl (C=O) groups excluding carboxylic acids is 1. The van der Waals surface area contributed by atoms with Crippen LogP contribution in [0.1, 0.15) is 24.8 Å². The van der Waals surface area contributed by atoms with Crippen molar-refractivity contribution >= 4 is 5.91 Å². The molecule has 0 aliphatic carbocycles. The van der Waals surface area contributed by atoms with Gasteiger partial charge >= 0.3 is 0 Å². The van der Waals surface area contributed by atoms with E-state index in [9.17, 15) is 13.6 Å². The Balaban J connectivity index is 1.91. The molecular weight excluding hydrogens is 262 g/mol. The summed E-state index contributed by atoms with van der Waals surface area (Å²) in [5, 5.41) is 3.36. The Morgan fingerprint density at radius 2 is 2.20 bits per heavy atom. The molecule has 2 rings (SSSR count). The average Bonchev–Trinajstić information content (AvgIpc) is 2.45. The Labute approximate surface area is 118 Å². The first-order valence-electron chi connectivity index (χ1n) is 6.98. The van der Waals surface area contributed by atoms with E-state index in [-0.39, 0.29) is 17.9 Å². The van der Waals surface area contributed by atoms with Crippen molar-refractivity contribution in [2.24, 2.45) is 0 Å². The number of carbonyl (C=O) groups is 1. The van der Waals surface area contributed by atoms with Crippen LogP contribution in [0, 0.1) is 11.6 Å². The summed E-state index contributed by atoms with van der Waals surface area (Å²) in [4.78, 5) is 13.6. The van der Waals surface area contributed by atoms with Crippen LogP contribution in [0.2, 0.25) is 0 Å². The summed E-state index contributed by atoms with van der Waals surface area (Å²) in [7, 11) is 1.70. The number of likely N-dealkylation sites (N-methyl/N-ethyl adjacent to an activating group) is 1. The second kappa shape index (κ2) is 6.79. The van der Waals surface area contributed by atoms with Crippen LogP contribution in [0.4, 0.5) is 8.78 Å². The molecule has 20 heavy (non-hydrogen) atoms. The van der Waals surface area contributed by atoms with E-state index >= 15 is 0 Å². The van der Waals surface area contributed by atoms with Crippen LogP contribution >= 0.6 is 0 Å². The van der Waals surface area contributed by atoms with Crippen LogP contribution in [0.15, 0.2) is 18.2 Å². The molecule has 0 bridgehead atoms. The first-order valence-corrected chi connectivity index (χ1v) is 6.98. The number of hydrogen-bond donors (Lipinski definition) is 1. The van der Waals surface area contributed by atoms with Gasteiger partial charge in [0.2, 0.25) is 5.91 Å². The molecule has 1 aliphatic heterocycles. The SMILES string of the molecule is CN(CC1CCCCN1)C(=O)Cc1cccc(F)c1F. The lowest BCUT2D eigenvalue weighted by Gasteiger charge is -2.28. The summed E-state index contributed by atoms with van der Waals surface area (Å²) in [6.45, 7) is 1.58. The summed E-state index contributed by atoms with van der Waals surface area (Å²) < 4.78 is 26.6. The smallest absolute Gasteiger partial charge is 0.226 e. The van der Waals surface area contributed by atoms with E-state index in [1.807, 2.05) is 0 Å². The maximum Gasteiger partial charge on any atom is 0.226 e. The van der Waals surface area contributed by atoms with Crippen molar-refractivity contribution < 1.29 is 13.6 Å². The van der Waals surface area contributed by atoms with Gasteiger partial charge in [0, 0.05) is 25.2 Å². The number of nitrogens with one attached hydrogen (secondary N) is 1. The van der Waals surface area contributed by atoms with E-state index in [1.54, 1.807) is 11.9 Å². The van der Waals surface area contributed by atoms with Crippen molar-refractivity contribution in [3.8, 4) is 0 Å². The highest BCUT2D eigenvalue weighted by atomic mass is 19.2. The topological polar surface area (TPSA) is 32.3 Å². The van der Waals surface area contributed by atoms with Crippen molar-refractivity contribution in [1.29, 1.82) is 0 Å². The predicted octanol–water partition coefficient (Wildman–Crippen LogP) is 2.11. The van der Waals surface area contributed by atoms with Gasteiger partial charge in [0.15, 0.2) is 11.6 Å². The highest BCUT2D eigenvalue weighted by Crippen LogP contribution is 2.13. The lowest BCUT2D eigenvalue weighted by Crippen LogP contribution is -2.44. The van der Waals surface area contributed by atoms with E-state index in [0.717, 1.165) is 25.5 Å². The van der Waals surface area contributed by atoms with E-state index in [4.69, 9.17) is 0 Å². The predicted molar refractivity (Wildman–Crippen MR) is 73.3 cm³/mol. The molecule has 1 unspecified atom stereocenters. The monoisotopic (exact) mass is 282 g/mol. The highest BCUT2D eigenvalue weighted by molar-refractivity contribution is 5.78.